The minimum atomic E-state index is -0.675. The molecule has 0 spiro atoms. The third-order valence-electron chi connectivity index (χ3n) is 5.94. The zero-order chi connectivity index (χ0) is 27.8. The van der Waals surface area contributed by atoms with Crippen LogP contribution in [-0.2, 0) is 0 Å². The van der Waals surface area contributed by atoms with Crippen molar-refractivity contribution in [2.24, 2.45) is 0 Å². The highest BCUT2D eigenvalue weighted by atomic mass is 32.1. The lowest BCUT2D eigenvalue weighted by Crippen LogP contribution is -2.24. The van der Waals surface area contributed by atoms with Crippen molar-refractivity contribution in [1.29, 1.82) is 5.41 Å². The van der Waals surface area contributed by atoms with Crippen LogP contribution in [-0.4, -0.2) is 44.1 Å². The molecule has 4 heterocycles. The predicted molar refractivity (Wildman–Crippen MR) is 148 cm³/mol. The van der Waals surface area contributed by atoms with E-state index in [1.165, 1.54) is 48.0 Å². The van der Waals surface area contributed by atoms with Crippen LogP contribution in [0.2, 0.25) is 0 Å². The van der Waals surface area contributed by atoms with Crippen molar-refractivity contribution in [1.82, 2.24) is 24.3 Å². The summed E-state index contributed by atoms with van der Waals surface area (Å²) in [4.78, 5) is 33.3. The van der Waals surface area contributed by atoms with Crippen molar-refractivity contribution in [3.63, 3.8) is 0 Å². The van der Waals surface area contributed by atoms with Crippen molar-refractivity contribution in [3.05, 3.63) is 93.2 Å². The number of hydrogen-bond acceptors (Lipinski definition) is 10. The van der Waals surface area contributed by atoms with Gasteiger partial charge in [-0.2, -0.15) is 0 Å². The summed E-state index contributed by atoms with van der Waals surface area (Å²) in [5, 5.41) is 12.7. The van der Waals surface area contributed by atoms with Gasteiger partial charge in [-0.25, -0.2) is 28.7 Å². The van der Waals surface area contributed by atoms with Gasteiger partial charge >= 0.3 is 0 Å². The molecular formula is C26H23F2N9OS. The Morgan fingerprint density at radius 3 is 2.67 bits per heavy atom. The van der Waals surface area contributed by atoms with E-state index in [-0.39, 0.29) is 45.4 Å². The van der Waals surface area contributed by atoms with Gasteiger partial charge in [-0.1, -0.05) is 23.5 Å². The first-order valence-corrected chi connectivity index (χ1v) is 12.5. The SMILES string of the molecule is C[C@H](Nc1ncnc(N)c1C(=N)c1cnc(N(C)C)s1)c1nc2ccc(F)cn2c(=O)c1-c1cccc(F)c1. The van der Waals surface area contributed by atoms with Gasteiger partial charge in [0.15, 0.2) is 5.13 Å². The number of anilines is 3. The highest BCUT2D eigenvalue weighted by Crippen LogP contribution is 2.31. The van der Waals surface area contributed by atoms with Crippen molar-refractivity contribution in [2.45, 2.75) is 13.0 Å². The Hall–Kier alpha value is -4.78. The second kappa shape index (κ2) is 10.2. The first-order valence-electron chi connectivity index (χ1n) is 11.7. The average Bonchev–Trinajstić information content (AvgIpc) is 3.40. The maximum atomic E-state index is 14.2. The van der Waals surface area contributed by atoms with E-state index in [1.54, 1.807) is 19.2 Å². The normalized spacial score (nSPS) is 11.9. The summed E-state index contributed by atoms with van der Waals surface area (Å²) in [6.07, 6.45) is 3.88. The molecule has 0 aliphatic rings. The molecule has 10 nitrogen and oxygen atoms in total. The Balaban J connectivity index is 1.62. The van der Waals surface area contributed by atoms with E-state index in [0.717, 1.165) is 10.6 Å². The van der Waals surface area contributed by atoms with Gasteiger partial charge < -0.3 is 16.0 Å². The second-order valence-electron chi connectivity index (χ2n) is 8.89. The molecule has 0 amide bonds. The van der Waals surface area contributed by atoms with Gasteiger partial charge in [0, 0.05) is 26.5 Å². The number of hydrogen-bond donors (Lipinski definition) is 3. The Morgan fingerprint density at radius 1 is 1.15 bits per heavy atom. The predicted octanol–water partition coefficient (Wildman–Crippen LogP) is 4.12. The number of nitrogens with zero attached hydrogens (tertiary/aromatic N) is 6. The molecule has 0 radical (unpaired) electrons. The quantitative estimate of drug-likeness (QED) is 0.259. The van der Waals surface area contributed by atoms with Crippen molar-refractivity contribution < 1.29 is 8.78 Å². The minimum absolute atomic E-state index is 0.0702. The molecule has 4 aromatic heterocycles. The molecule has 39 heavy (non-hydrogen) atoms. The molecule has 5 rings (SSSR count). The first kappa shape index (κ1) is 25.9. The van der Waals surface area contributed by atoms with Crippen LogP contribution in [0.5, 0.6) is 0 Å². The van der Waals surface area contributed by atoms with E-state index >= 15 is 0 Å². The average molecular weight is 548 g/mol. The molecule has 0 aliphatic heterocycles. The molecule has 1 aromatic carbocycles. The van der Waals surface area contributed by atoms with E-state index < -0.39 is 23.2 Å². The molecule has 0 aliphatic carbocycles. The van der Waals surface area contributed by atoms with Crippen LogP contribution in [0.15, 0.2) is 59.9 Å². The monoisotopic (exact) mass is 547 g/mol. The van der Waals surface area contributed by atoms with E-state index in [1.807, 2.05) is 19.0 Å². The van der Waals surface area contributed by atoms with Crippen LogP contribution in [0, 0.1) is 17.0 Å². The van der Waals surface area contributed by atoms with Crippen LogP contribution >= 0.6 is 11.3 Å². The number of thiazole rings is 1. The summed E-state index contributed by atoms with van der Waals surface area (Å²) in [7, 11) is 3.70. The van der Waals surface area contributed by atoms with E-state index in [2.05, 4.69) is 25.3 Å². The Labute approximate surface area is 225 Å². The summed E-state index contributed by atoms with van der Waals surface area (Å²) in [5.74, 6) is -0.831. The van der Waals surface area contributed by atoms with Gasteiger partial charge in [-0.3, -0.25) is 14.6 Å². The molecule has 0 saturated carbocycles. The second-order valence-corrected chi connectivity index (χ2v) is 9.90. The number of nitrogens with two attached hydrogens (primary N) is 1. The van der Waals surface area contributed by atoms with Crippen molar-refractivity contribution in [2.75, 3.05) is 30.0 Å². The number of nitrogen functional groups attached to an aromatic ring is 1. The summed E-state index contributed by atoms with van der Waals surface area (Å²) >= 11 is 1.31. The van der Waals surface area contributed by atoms with Crippen LogP contribution in [0.3, 0.4) is 0 Å². The summed E-state index contributed by atoms with van der Waals surface area (Å²) in [6, 6.07) is 7.46. The minimum Gasteiger partial charge on any atom is -0.383 e. The summed E-state index contributed by atoms with van der Waals surface area (Å²) in [5.41, 5.74) is 6.81. The highest BCUT2D eigenvalue weighted by molar-refractivity contribution is 7.17. The Morgan fingerprint density at radius 2 is 1.95 bits per heavy atom. The Kier molecular flexibility index (Phi) is 6.74. The topological polar surface area (TPSA) is 138 Å². The zero-order valence-corrected chi connectivity index (χ0v) is 21.9. The lowest BCUT2D eigenvalue weighted by molar-refractivity contribution is 0.617. The maximum Gasteiger partial charge on any atom is 0.266 e. The van der Waals surface area contributed by atoms with Crippen LogP contribution in [0.25, 0.3) is 16.8 Å². The lowest BCUT2D eigenvalue weighted by atomic mass is 10.0. The van der Waals surface area contributed by atoms with E-state index in [4.69, 9.17) is 11.1 Å². The fraction of sp³-hybridized carbons (Fsp3) is 0.154. The number of rotatable bonds is 7. The highest BCUT2D eigenvalue weighted by Gasteiger charge is 2.24. The fourth-order valence-corrected chi connectivity index (χ4v) is 4.89. The van der Waals surface area contributed by atoms with Gasteiger partial charge in [0.05, 0.1) is 33.5 Å². The smallest absolute Gasteiger partial charge is 0.266 e. The number of pyridine rings is 1. The third kappa shape index (κ3) is 4.91. The first-order chi connectivity index (χ1) is 18.6. The van der Waals surface area contributed by atoms with E-state index in [9.17, 15) is 13.6 Å². The van der Waals surface area contributed by atoms with Gasteiger partial charge in [-0.15, -0.1) is 0 Å². The van der Waals surface area contributed by atoms with E-state index in [0.29, 0.717) is 10.0 Å². The molecular weight excluding hydrogens is 524 g/mol. The lowest BCUT2D eigenvalue weighted by Gasteiger charge is -2.20. The molecule has 0 saturated heterocycles. The molecule has 4 N–H and O–H groups in total. The number of nitrogens with one attached hydrogen (secondary N) is 2. The molecule has 1 atom stereocenters. The largest absolute Gasteiger partial charge is 0.383 e. The van der Waals surface area contributed by atoms with Gasteiger partial charge in [0.2, 0.25) is 0 Å². The molecule has 0 unspecified atom stereocenters. The van der Waals surface area contributed by atoms with Crippen LogP contribution < -0.4 is 21.5 Å². The molecule has 0 fully saturated rings. The fourth-order valence-electron chi connectivity index (χ4n) is 4.10. The van der Waals surface area contributed by atoms with Crippen LogP contribution in [0.4, 0.5) is 25.5 Å². The van der Waals surface area contributed by atoms with Gasteiger partial charge in [-0.05, 0) is 36.8 Å². The Bertz CT molecular complexity index is 1780. The van der Waals surface area contributed by atoms with Gasteiger partial charge in [0.1, 0.15) is 35.2 Å². The molecule has 13 heteroatoms. The number of aromatic nitrogens is 5. The summed E-state index contributed by atoms with van der Waals surface area (Å²) in [6.45, 7) is 1.74. The maximum absolute atomic E-state index is 14.2. The third-order valence-corrected chi connectivity index (χ3v) is 7.12. The molecule has 198 valence electrons. The molecule has 0 bridgehead atoms. The number of halogens is 2. The zero-order valence-electron chi connectivity index (χ0n) is 21.1. The number of fused-ring (bicyclic) bond motifs is 1. The summed E-state index contributed by atoms with van der Waals surface area (Å²) < 4.78 is 29.3. The van der Waals surface area contributed by atoms with Crippen molar-refractivity contribution in [3.8, 4) is 11.1 Å². The van der Waals surface area contributed by atoms with Crippen LogP contribution in [0.1, 0.15) is 29.1 Å². The standard InChI is InChI=1S/C26H23F2N9OS/c1-13(34-24-20(23(30)32-12-33-24)21(29)17-10-31-26(39-17)36(2)3)22-19(14-5-4-6-15(27)9-14)25(38)37-11-16(28)7-8-18(37)35-22/h4-13,29H,1-3H3,(H3,30,32,33,34)/t13-/m0/s1. The van der Waals surface area contributed by atoms with Gasteiger partial charge in [0.25, 0.3) is 5.56 Å². The number of benzene rings is 1. The molecule has 5 aromatic rings. The van der Waals surface area contributed by atoms with Crippen molar-refractivity contribution >= 4 is 39.5 Å².